The van der Waals surface area contributed by atoms with Gasteiger partial charge in [-0.25, -0.2) is 4.39 Å². The second-order valence-corrected chi connectivity index (χ2v) is 4.23. The van der Waals surface area contributed by atoms with E-state index in [0.29, 0.717) is 17.4 Å². The van der Waals surface area contributed by atoms with E-state index in [0.717, 1.165) is 12.8 Å². The van der Waals surface area contributed by atoms with Gasteiger partial charge in [-0.15, -0.1) is 0 Å². The first kappa shape index (κ1) is 14.5. The van der Waals surface area contributed by atoms with Gasteiger partial charge in [0.15, 0.2) is 11.6 Å². The maximum atomic E-state index is 12.9. The van der Waals surface area contributed by atoms with Crippen LogP contribution in [-0.4, -0.2) is 19.3 Å². The molecular weight excluding hydrogens is 233 g/mol. The summed E-state index contributed by atoms with van der Waals surface area (Å²) in [5, 5.41) is 8.31. The van der Waals surface area contributed by atoms with Crippen LogP contribution in [0.2, 0.25) is 0 Å². The Kier molecular flexibility index (Phi) is 5.60. The van der Waals surface area contributed by atoms with Gasteiger partial charge in [-0.2, -0.15) is 5.26 Å². The highest BCUT2D eigenvalue weighted by atomic mass is 19.1. The predicted octanol–water partition coefficient (Wildman–Crippen LogP) is 3.22. The molecule has 1 aromatic rings. The van der Waals surface area contributed by atoms with Crippen molar-refractivity contribution in [3.8, 4) is 11.8 Å². The molecule has 1 aliphatic heterocycles. The fourth-order valence-corrected chi connectivity index (χ4v) is 1.68. The van der Waals surface area contributed by atoms with Gasteiger partial charge in [-0.05, 0) is 38.3 Å². The molecular formula is C14H18FNO2. The van der Waals surface area contributed by atoms with E-state index in [-0.39, 0.29) is 11.9 Å². The van der Waals surface area contributed by atoms with Crippen molar-refractivity contribution in [1.29, 1.82) is 5.26 Å². The normalized spacial score (nSPS) is 21.7. The Morgan fingerprint density at radius 3 is 2.56 bits per heavy atom. The highest BCUT2D eigenvalue weighted by Gasteiger charge is 2.20. The van der Waals surface area contributed by atoms with E-state index in [1.54, 1.807) is 25.1 Å². The van der Waals surface area contributed by atoms with Crippen LogP contribution < -0.4 is 4.74 Å². The van der Waals surface area contributed by atoms with Gasteiger partial charge in [0, 0.05) is 0 Å². The van der Waals surface area contributed by atoms with Crippen LogP contribution in [0.25, 0.3) is 0 Å². The molecule has 1 heterocycles. The molecule has 0 amide bonds. The third kappa shape index (κ3) is 4.01. The summed E-state index contributed by atoms with van der Waals surface area (Å²) in [5.41, 5.74) is 0.611. The monoisotopic (exact) mass is 251 g/mol. The smallest absolute Gasteiger partial charge is 0.167 e. The zero-order chi connectivity index (χ0) is 13.5. The van der Waals surface area contributed by atoms with Gasteiger partial charge in [0.05, 0.1) is 19.3 Å². The summed E-state index contributed by atoms with van der Waals surface area (Å²) in [6.45, 7) is 3.70. The molecule has 2 rings (SSSR count). The topological polar surface area (TPSA) is 42.2 Å². The molecule has 1 saturated heterocycles. The minimum absolute atomic E-state index is 0.120. The number of halogens is 1. The molecule has 2 atom stereocenters. The largest absolute Gasteiger partial charge is 0.494 e. The molecule has 98 valence electrons. The summed E-state index contributed by atoms with van der Waals surface area (Å²) in [5.74, 6) is 0.0324. The SMILES string of the molecule is CC1CCC(C#N)O1.COc1cccc(C)c1F. The highest BCUT2D eigenvalue weighted by molar-refractivity contribution is 5.29. The molecule has 1 aromatic carbocycles. The summed E-state index contributed by atoms with van der Waals surface area (Å²) in [6, 6.07) is 7.14. The highest BCUT2D eigenvalue weighted by Crippen LogP contribution is 2.18. The third-order valence-electron chi connectivity index (χ3n) is 2.75. The van der Waals surface area contributed by atoms with Crippen molar-refractivity contribution in [3.63, 3.8) is 0 Å². The van der Waals surface area contributed by atoms with Crippen molar-refractivity contribution < 1.29 is 13.9 Å². The second-order valence-electron chi connectivity index (χ2n) is 4.23. The van der Waals surface area contributed by atoms with Crippen LogP contribution >= 0.6 is 0 Å². The Labute approximate surface area is 107 Å². The number of hydrogen-bond donors (Lipinski definition) is 0. The first-order chi connectivity index (χ1) is 8.58. The fraction of sp³-hybridized carbons (Fsp3) is 0.500. The maximum absolute atomic E-state index is 12.9. The van der Waals surface area contributed by atoms with Crippen LogP contribution in [0, 0.1) is 24.1 Å². The summed E-state index contributed by atoms with van der Waals surface area (Å²) < 4.78 is 22.8. The van der Waals surface area contributed by atoms with Crippen LogP contribution in [0.15, 0.2) is 18.2 Å². The van der Waals surface area contributed by atoms with Gasteiger partial charge in [-0.3, -0.25) is 0 Å². The lowest BCUT2D eigenvalue weighted by molar-refractivity contribution is 0.0873. The molecule has 0 bridgehead atoms. The lowest BCUT2D eigenvalue weighted by Gasteiger charge is -2.01. The van der Waals surface area contributed by atoms with Crippen molar-refractivity contribution in [2.75, 3.05) is 7.11 Å². The summed E-state index contributed by atoms with van der Waals surface area (Å²) in [7, 11) is 1.46. The summed E-state index contributed by atoms with van der Waals surface area (Å²) in [4.78, 5) is 0. The molecule has 1 fully saturated rings. The van der Waals surface area contributed by atoms with E-state index in [2.05, 4.69) is 6.07 Å². The van der Waals surface area contributed by atoms with Gasteiger partial charge < -0.3 is 9.47 Å². The number of rotatable bonds is 1. The molecule has 0 radical (unpaired) electrons. The zero-order valence-corrected chi connectivity index (χ0v) is 10.9. The first-order valence-corrected chi connectivity index (χ1v) is 5.92. The maximum Gasteiger partial charge on any atom is 0.167 e. The molecule has 0 saturated carbocycles. The van der Waals surface area contributed by atoms with Crippen molar-refractivity contribution >= 4 is 0 Å². The van der Waals surface area contributed by atoms with E-state index in [1.165, 1.54) is 7.11 Å². The average molecular weight is 251 g/mol. The van der Waals surface area contributed by atoms with Gasteiger partial charge in [0.1, 0.15) is 6.10 Å². The van der Waals surface area contributed by atoms with Crippen LogP contribution in [0.3, 0.4) is 0 Å². The molecule has 2 unspecified atom stereocenters. The van der Waals surface area contributed by atoms with Crippen LogP contribution in [0.4, 0.5) is 4.39 Å². The summed E-state index contributed by atoms with van der Waals surface area (Å²) in [6.07, 6.45) is 2.14. The first-order valence-electron chi connectivity index (χ1n) is 5.92. The molecule has 4 heteroatoms. The molecule has 3 nitrogen and oxygen atoms in total. The number of benzene rings is 1. The lowest BCUT2D eigenvalue weighted by atomic mass is 10.2. The molecule has 1 aliphatic rings. The number of nitriles is 1. The Morgan fingerprint density at radius 2 is 2.17 bits per heavy atom. The lowest BCUT2D eigenvalue weighted by Crippen LogP contribution is -2.03. The number of hydrogen-bond acceptors (Lipinski definition) is 3. The zero-order valence-electron chi connectivity index (χ0n) is 10.9. The van der Waals surface area contributed by atoms with E-state index < -0.39 is 0 Å². The third-order valence-corrected chi connectivity index (χ3v) is 2.75. The molecule has 0 spiro atoms. The van der Waals surface area contributed by atoms with Crippen molar-refractivity contribution in [3.05, 3.63) is 29.6 Å². The summed E-state index contributed by atoms with van der Waals surface area (Å²) >= 11 is 0. The Bertz CT molecular complexity index is 428. The van der Waals surface area contributed by atoms with Crippen molar-refractivity contribution in [1.82, 2.24) is 0 Å². The molecule has 0 aromatic heterocycles. The van der Waals surface area contributed by atoms with E-state index in [4.69, 9.17) is 14.7 Å². The Hall–Kier alpha value is -1.60. The minimum Gasteiger partial charge on any atom is -0.494 e. The number of nitrogens with zero attached hydrogens (tertiary/aromatic N) is 1. The quantitative estimate of drug-likeness (QED) is 0.769. The van der Waals surface area contributed by atoms with Gasteiger partial charge in [0.2, 0.25) is 0 Å². The van der Waals surface area contributed by atoms with Crippen molar-refractivity contribution in [2.45, 2.75) is 38.9 Å². The molecule has 0 N–H and O–H groups in total. The minimum atomic E-state index is -0.273. The van der Waals surface area contributed by atoms with Gasteiger partial charge in [-0.1, -0.05) is 12.1 Å². The number of aryl methyl sites for hydroxylation is 1. The van der Waals surface area contributed by atoms with Crippen LogP contribution in [0.5, 0.6) is 5.75 Å². The van der Waals surface area contributed by atoms with Gasteiger partial charge in [0.25, 0.3) is 0 Å². The number of methoxy groups -OCH3 is 1. The standard InChI is InChI=1S/C8H9FO.C6H9NO/c1-6-4-3-5-7(10-2)8(6)9;1-5-2-3-6(4-7)8-5/h3-5H,1-2H3;5-6H,2-3H2,1H3. The molecule has 18 heavy (non-hydrogen) atoms. The Morgan fingerprint density at radius 1 is 1.44 bits per heavy atom. The van der Waals surface area contributed by atoms with Crippen LogP contribution in [-0.2, 0) is 4.74 Å². The molecule has 0 aliphatic carbocycles. The van der Waals surface area contributed by atoms with Gasteiger partial charge >= 0.3 is 0 Å². The van der Waals surface area contributed by atoms with Crippen LogP contribution in [0.1, 0.15) is 25.3 Å². The average Bonchev–Trinajstić information content (AvgIpc) is 2.79. The van der Waals surface area contributed by atoms with Crippen molar-refractivity contribution in [2.24, 2.45) is 0 Å². The number of ether oxygens (including phenoxy) is 2. The van der Waals surface area contributed by atoms with E-state index in [9.17, 15) is 4.39 Å². The fourth-order valence-electron chi connectivity index (χ4n) is 1.68. The van der Waals surface area contributed by atoms with E-state index in [1.807, 2.05) is 6.92 Å². The second kappa shape index (κ2) is 6.97. The van der Waals surface area contributed by atoms with E-state index >= 15 is 0 Å². The Balaban J connectivity index is 0.000000184. The predicted molar refractivity (Wildman–Crippen MR) is 66.9 cm³/mol.